The zero-order valence-corrected chi connectivity index (χ0v) is 11.3. The summed E-state index contributed by atoms with van der Waals surface area (Å²) in [5.74, 6) is -0.169. The summed E-state index contributed by atoms with van der Waals surface area (Å²) in [4.78, 5) is 11.4. The molecule has 3 aliphatic carbocycles. The maximum atomic E-state index is 11.4. The second-order valence-corrected chi connectivity index (χ2v) is 7.34. The van der Waals surface area contributed by atoms with Crippen LogP contribution in [0, 0.1) is 28.6 Å². The third-order valence-electron chi connectivity index (χ3n) is 5.80. The van der Waals surface area contributed by atoms with Crippen LogP contribution >= 0.6 is 0 Å². The zero-order valence-electron chi connectivity index (χ0n) is 11.3. The maximum absolute atomic E-state index is 11.4. The molecule has 0 radical (unpaired) electrons. The lowest BCUT2D eigenvalue weighted by molar-refractivity contribution is -0.133. The van der Waals surface area contributed by atoms with Gasteiger partial charge in [-0.05, 0) is 47.8 Å². The van der Waals surface area contributed by atoms with Crippen molar-refractivity contribution in [1.82, 2.24) is 0 Å². The SMILES string of the molecule is C[C@@H]1[C@H](O)C[C@@H]2C(C(=O)O)=C[C@@H]3CC(C)(C)C[C@]321. The number of hydrogen-bond acceptors (Lipinski definition) is 2. The summed E-state index contributed by atoms with van der Waals surface area (Å²) in [7, 11) is 0. The third kappa shape index (κ3) is 1.31. The van der Waals surface area contributed by atoms with Crippen molar-refractivity contribution >= 4 is 5.97 Å². The van der Waals surface area contributed by atoms with Gasteiger partial charge in [0, 0.05) is 5.57 Å². The second-order valence-electron chi connectivity index (χ2n) is 7.34. The van der Waals surface area contributed by atoms with Gasteiger partial charge in [0.15, 0.2) is 0 Å². The smallest absolute Gasteiger partial charge is 0.331 e. The van der Waals surface area contributed by atoms with Crippen molar-refractivity contribution in [1.29, 1.82) is 0 Å². The van der Waals surface area contributed by atoms with E-state index in [2.05, 4.69) is 20.8 Å². The molecule has 1 spiro atoms. The number of carboxylic acid groups (broad SMARTS) is 1. The van der Waals surface area contributed by atoms with E-state index in [9.17, 15) is 15.0 Å². The van der Waals surface area contributed by atoms with Gasteiger partial charge in [-0.3, -0.25) is 0 Å². The van der Waals surface area contributed by atoms with Crippen LogP contribution in [0.4, 0.5) is 0 Å². The number of aliphatic hydroxyl groups excluding tert-OH is 1. The predicted octanol–water partition coefficient (Wildman–Crippen LogP) is 2.45. The summed E-state index contributed by atoms with van der Waals surface area (Å²) in [6.45, 7) is 6.64. The summed E-state index contributed by atoms with van der Waals surface area (Å²) in [5.41, 5.74) is 0.845. The fourth-order valence-electron chi connectivity index (χ4n) is 5.22. The van der Waals surface area contributed by atoms with Crippen LogP contribution in [0.5, 0.6) is 0 Å². The Hall–Kier alpha value is -0.830. The Morgan fingerprint density at radius 1 is 1.44 bits per heavy atom. The van der Waals surface area contributed by atoms with Gasteiger partial charge in [0.1, 0.15) is 0 Å². The first-order valence-electron chi connectivity index (χ1n) is 6.91. The first kappa shape index (κ1) is 12.2. The first-order chi connectivity index (χ1) is 8.28. The van der Waals surface area contributed by atoms with Crippen molar-refractivity contribution in [2.75, 3.05) is 0 Å². The topological polar surface area (TPSA) is 57.5 Å². The molecule has 3 nitrogen and oxygen atoms in total. The van der Waals surface area contributed by atoms with E-state index in [4.69, 9.17) is 0 Å². The Balaban J connectivity index is 2.08. The quantitative estimate of drug-likeness (QED) is 0.751. The highest BCUT2D eigenvalue weighted by Crippen LogP contribution is 2.70. The molecular formula is C15H22O3. The summed E-state index contributed by atoms with van der Waals surface area (Å²) in [6.07, 6.45) is 4.39. The lowest BCUT2D eigenvalue weighted by Crippen LogP contribution is -2.34. The lowest BCUT2D eigenvalue weighted by atomic mass is 9.67. The van der Waals surface area contributed by atoms with Crippen molar-refractivity contribution in [3.63, 3.8) is 0 Å². The summed E-state index contributed by atoms with van der Waals surface area (Å²) < 4.78 is 0. The molecule has 0 aliphatic heterocycles. The second kappa shape index (κ2) is 3.38. The molecule has 0 aromatic rings. The van der Waals surface area contributed by atoms with Gasteiger partial charge in [-0.1, -0.05) is 26.8 Å². The minimum Gasteiger partial charge on any atom is -0.478 e. The van der Waals surface area contributed by atoms with Gasteiger partial charge in [-0.15, -0.1) is 0 Å². The lowest BCUT2D eigenvalue weighted by Gasteiger charge is -2.36. The van der Waals surface area contributed by atoms with Gasteiger partial charge in [0.05, 0.1) is 6.10 Å². The average Bonchev–Trinajstić information content (AvgIpc) is 2.74. The molecule has 3 aliphatic rings. The van der Waals surface area contributed by atoms with Crippen LogP contribution in [0.3, 0.4) is 0 Å². The third-order valence-corrected chi connectivity index (χ3v) is 5.80. The van der Waals surface area contributed by atoms with E-state index < -0.39 is 5.97 Å². The molecule has 3 heteroatoms. The molecule has 2 N–H and O–H groups in total. The van der Waals surface area contributed by atoms with Crippen LogP contribution in [0.2, 0.25) is 0 Å². The Morgan fingerprint density at radius 2 is 2.11 bits per heavy atom. The molecule has 0 saturated heterocycles. The van der Waals surface area contributed by atoms with E-state index in [0.717, 1.165) is 12.8 Å². The zero-order chi connectivity index (χ0) is 13.3. The van der Waals surface area contributed by atoms with Crippen LogP contribution in [0.15, 0.2) is 11.6 Å². The number of aliphatic carboxylic acids is 1. The van der Waals surface area contributed by atoms with Crippen LogP contribution < -0.4 is 0 Å². The standard InChI is InChI=1S/C15H22O3/c1-8-12(16)5-11-10(13(17)18)4-9-6-14(2,3)7-15(8,9)11/h4,8-9,11-12,16H,5-7H2,1-3H3,(H,17,18)/t8-,9-,11-,12-,15+/m1/s1. The van der Waals surface area contributed by atoms with Gasteiger partial charge in [0.25, 0.3) is 0 Å². The number of carbonyl (C=O) groups is 1. The molecule has 0 bridgehead atoms. The maximum Gasteiger partial charge on any atom is 0.331 e. The van der Waals surface area contributed by atoms with E-state index in [0.29, 0.717) is 17.9 Å². The average molecular weight is 250 g/mol. The van der Waals surface area contributed by atoms with E-state index in [-0.39, 0.29) is 28.8 Å². The minimum atomic E-state index is -0.784. The molecular weight excluding hydrogens is 228 g/mol. The van der Waals surface area contributed by atoms with Gasteiger partial charge < -0.3 is 10.2 Å². The van der Waals surface area contributed by atoms with Crippen molar-refractivity contribution < 1.29 is 15.0 Å². The molecule has 0 amide bonds. The monoisotopic (exact) mass is 250 g/mol. The molecule has 5 atom stereocenters. The number of allylic oxidation sites excluding steroid dienone is 1. The molecule has 0 aromatic heterocycles. The predicted molar refractivity (Wildman–Crippen MR) is 67.9 cm³/mol. The van der Waals surface area contributed by atoms with Crippen molar-refractivity contribution in [2.24, 2.45) is 28.6 Å². The van der Waals surface area contributed by atoms with Gasteiger partial charge in [0.2, 0.25) is 0 Å². The summed E-state index contributed by atoms with van der Waals surface area (Å²) in [5, 5.41) is 19.6. The highest BCUT2D eigenvalue weighted by molar-refractivity contribution is 5.88. The summed E-state index contributed by atoms with van der Waals surface area (Å²) >= 11 is 0. The fourth-order valence-corrected chi connectivity index (χ4v) is 5.22. The summed E-state index contributed by atoms with van der Waals surface area (Å²) in [6, 6.07) is 0. The van der Waals surface area contributed by atoms with Crippen molar-refractivity contribution in [3.05, 3.63) is 11.6 Å². The molecule has 100 valence electrons. The largest absolute Gasteiger partial charge is 0.478 e. The van der Waals surface area contributed by atoms with Crippen LogP contribution in [0.25, 0.3) is 0 Å². The first-order valence-corrected chi connectivity index (χ1v) is 6.91. The number of carboxylic acids is 1. The van der Waals surface area contributed by atoms with E-state index in [1.165, 1.54) is 0 Å². The Bertz CT molecular complexity index is 437. The van der Waals surface area contributed by atoms with E-state index >= 15 is 0 Å². The molecule has 0 heterocycles. The molecule has 0 aromatic carbocycles. The molecule has 2 saturated carbocycles. The number of rotatable bonds is 1. The van der Waals surface area contributed by atoms with Gasteiger partial charge >= 0.3 is 5.97 Å². The number of hydrogen-bond donors (Lipinski definition) is 2. The van der Waals surface area contributed by atoms with Crippen LogP contribution in [0.1, 0.15) is 40.0 Å². The van der Waals surface area contributed by atoms with E-state index in [1.54, 1.807) is 0 Å². The Labute approximate surface area is 108 Å². The van der Waals surface area contributed by atoms with E-state index in [1.807, 2.05) is 6.08 Å². The minimum absolute atomic E-state index is 0.0106. The number of aliphatic hydroxyl groups is 1. The van der Waals surface area contributed by atoms with Crippen LogP contribution in [-0.4, -0.2) is 22.3 Å². The highest BCUT2D eigenvalue weighted by Gasteiger charge is 2.65. The fraction of sp³-hybridized carbons (Fsp3) is 0.800. The Kier molecular flexibility index (Phi) is 2.30. The van der Waals surface area contributed by atoms with Gasteiger partial charge in [-0.2, -0.15) is 0 Å². The van der Waals surface area contributed by atoms with Gasteiger partial charge in [-0.25, -0.2) is 4.79 Å². The van der Waals surface area contributed by atoms with Crippen molar-refractivity contribution in [3.8, 4) is 0 Å². The molecule has 0 unspecified atom stereocenters. The molecule has 18 heavy (non-hydrogen) atoms. The highest BCUT2D eigenvalue weighted by atomic mass is 16.4. The van der Waals surface area contributed by atoms with Crippen molar-refractivity contribution in [2.45, 2.75) is 46.1 Å². The normalized spacial score (nSPS) is 48.8. The van der Waals surface area contributed by atoms with Crippen LogP contribution in [-0.2, 0) is 4.79 Å². The molecule has 3 rings (SSSR count). The molecule has 2 fully saturated rings. The Morgan fingerprint density at radius 3 is 2.72 bits per heavy atom.